The molecule has 1 aliphatic heterocycles. The van der Waals surface area contributed by atoms with Gasteiger partial charge in [0.25, 0.3) is 5.91 Å². The summed E-state index contributed by atoms with van der Waals surface area (Å²) in [6.07, 6.45) is 0.124. The molecule has 1 atom stereocenters. The molecule has 2 aromatic rings. The summed E-state index contributed by atoms with van der Waals surface area (Å²) in [5, 5.41) is 19.8. The summed E-state index contributed by atoms with van der Waals surface area (Å²) >= 11 is 0. The number of aliphatic hydroxyl groups is 1. The van der Waals surface area contributed by atoms with Crippen molar-refractivity contribution in [1.82, 2.24) is 0 Å². The number of hydrogen-bond acceptors (Lipinski definition) is 4. The number of phenolic OH excluding ortho intramolecular Hbond substituents is 1. The van der Waals surface area contributed by atoms with Crippen molar-refractivity contribution in [3.8, 4) is 5.75 Å². The van der Waals surface area contributed by atoms with E-state index in [9.17, 15) is 24.2 Å². The van der Waals surface area contributed by atoms with Crippen LogP contribution in [0.4, 0.5) is 10.1 Å². The van der Waals surface area contributed by atoms with Crippen molar-refractivity contribution in [2.75, 3.05) is 4.90 Å². The predicted molar refractivity (Wildman–Crippen MR) is 89.7 cm³/mol. The molecule has 0 saturated heterocycles. The first-order valence-electron chi connectivity index (χ1n) is 7.78. The molecular weight excluding hydrogens is 325 g/mol. The molecule has 6 heteroatoms. The van der Waals surface area contributed by atoms with Gasteiger partial charge in [0.15, 0.2) is 11.5 Å². The second-order valence-electron chi connectivity index (χ2n) is 5.68. The summed E-state index contributed by atoms with van der Waals surface area (Å²) in [6.45, 7) is 1.64. The highest BCUT2D eigenvalue weighted by atomic mass is 19.1. The van der Waals surface area contributed by atoms with Gasteiger partial charge in [0.1, 0.15) is 11.6 Å². The number of nitrogens with zero attached hydrogens (tertiary/aromatic N) is 1. The highest BCUT2D eigenvalue weighted by Crippen LogP contribution is 2.41. The number of hydrogen-bond donors (Lipinski definition) is 2. The second-order valence-corrected chi connectivity index (χ2v) is 5.68. The smallest absolute Gasteiger partial charge is 0.294 e. The molecule has 0 spiro atoms. The van der Waals surface area contributed by atoms with Crippen molar-refractivity contribution in [1.29, 1.82) is 0 Å². The third kappa shape index (κ3) is 2.87. The molecule has 3 rings (SSSR count). The zero-order valence-electron chi connectivity index (χ0n) is 13.4. The van der Waals surface area contributed by atoms with Gasteiger partial charge in [0.05, 0.1) is 11.6 Å². The van der Waals surface area contributed by atoms with Crippen molar-refractivity contribution >= 4 is 17.4 Å². The lowest BCUT2D eigenvalue weighted by Crippen LogP contribution is -2.30. The van der Waals surface area contributed by atoms with Crippen molar-refractivity contribution < 1.29 is 24.2 Å². The van der Waals surface area contributed by atoms with E-state index in [1.165, 1.54) is 41.3 Å². The van der Waals surface area contributed by atoms with Gasteiger partial charge < -0.3 is 10.2 Å². The molecule has 1 heterocycles. The minimum Gasteiger partial charge on any atom is -0.508 e. The first kappa shape index (κ1) is 16.7. The second kappa shape index (κ2) is 6.39. The van der Waals surface area contributed by atoms with Gasteiger partial charge in [-0.05, 0) is 42.0 Å². The normalized spacial score (nSPS) is 17.3. The zero-order chi connectivity index (χ0) is 18.1. The maximum atomic E-state index is 13.2. The number of Topliss-reactive ketones (excluding diaryl/α,β-unsaturated/α-hetero) is 1. The van der Waals surface area contributed by atoms with Gasteiger partial charge in [-0.1, -0.05) is 19.1 Å². The Morgan fingerprint density at radius 3 is 2.24 bits per heavy atom. The van der Waals surface area contributed by atoms with E-state index in [-0.39, 0.29) is 23.5 Å². The molecule has 1 amide bonds. The van der Waals surface area contributed by atoms with Crippen LogP contribution in [-0.4, -0.2) is 21.9 Å². The van der Waals surface area contributed by atoms with E-state index >= 15 is 0 Å². The Bertz CT molecular complexity index is 856. The number of carbonyl (C=O) groups excluding carboxylic acids is 2. The topological polar surface area (TPSA) is 77.8 Å². The molecule has 128 valence electrons. The fourth-order valence-corrected chi connectivity index (χ4v) is 2.92. The fraction of sp³-hybridized carbons (Fsp3) is 0.158. The van der Waals surface area contributed by atoms with Gasteiger partial charge in [0, 0.05) is 12.1 Å². The number of halogens is 1. The number of rotatable bonds is 4. The van der Waals surface area contributed by atoms with Crippen LogP contribution in [0, 0.1) is 5.82 Å². The number of aliphatic hydroxyl groups excluding tert-OH is 1. The van der Waals surface area contributed by atoms with Gasteiger partial charge in [-0.15, -0.1) is 0 Å². The van der Waals surface area contributed by atoms with E-state index in [0.717, 1.165) is 0 Å². The molecular formula is C19H16FNO4. The molecule has 25 heavy (non-hydrogen) atoms. The molecule has 0 bridgehead atoms. The highest BCUT2D eigenvalue weighted by molar-refractivity contribution is 6.16. The lowest BCUT2D eigenvalue weighted by atomic mass is 9.95. The monoisotopic (exact) mass is 341 g/mol. The number of phenols is 1. The van der Waals surface area contributed by atoms with Gasteiger partial charge in [0.2, 0.25) is 0 Å². The van der Waals surface area contributed by atoms with E-state index in [2.05, 4.69) is 0 Å². The van der Waals surface area contributed by atoms with Crippen LogP contribution in [0.3, 0.4) is 0 Å². The highest BCUT2D eigenvalue weighted by Gasteiger charge is 2.43. The molecule has 2 N–H and O–H groups in total. The molecule has 2 aromatic carbocycles. The molecule has 5 nitrogen and oxygen atoms in total. The van der Waals surface area contributed by atoms with Crippen LogP contribution in [0.1, 0.15) is 24.9 Å². The largest absolute Gasteiger partial charge is 0.508 e. The van der Waals surface area contributed by atoms with E-state index < -0.39 is 23.5 Å². The molecule has 0 fully saturated rings. The summed E-state index contributed by atoms with van der Waals surface area (Å²) in [5.41, 5.74) is 0.911. The van der Waals surface area contributed by atoms with Crippen molar-refractivity contribution in [3.05, 3.63) is 71.2 Å². The van der Waals surface area contributed by atoms with E-state index in [1.54, 1.807) is 19.1 Å². The molecule has 0 saturated carbocycles. The van der Waals surface area contributed by atoms with Crippen molar-refractivity contribution in [2.45, 2.75) is 19.4 Å². The van der Waals surface area contributed by atoms with Crippen LogP contribution < -0.4 is 4.90 Å². The predicted octanol–water partition coefficient (Wildman–Crippen LogP) is 3.41. The average molecular weight is 341 g/mol. The van der Waals surface area contributed by atoms with E-state index in [4.69, 9.17) is 0 Å². The number of anilines is 1. The lowest BCUT2D eigenvalue weighted by Gasteiger charge is -2.27. The summed E-state index contributed by atoms with van der Waals surface area (Å²) in [6, 6.07) is 10.4. The Kier molecular flexibility index (Phi) is 4.27. The van der Waals surface area contributed by atoms with Crippen LogP contribution in [0.2, 0.25) is 0 Å². The Balaban J connectivity index is 2.16. The number of amides is 1. The Morgan fingerprint density at radius 1 is 1.08 bits per heavy atom. The van der Waals surface area contributed by atoms with Gasteiger partial charge in [-0.3, -0.25) is 14.5 Å². The molecule has 0 aliphatic carbocycles. The fourth-order valence-electron chi connectivity index (χ4n) is 2.92. The van der Waals surface area contributed by atoms with Crippen LogP contribution in [-0.2, 0) is 9.59 Å². The van der Waals surface area contributed by atoms with E-state index in [0.29, 0.717) is 11.3 Å². The third-order valence-corrected chi connectivity index (χ3v) is 4.14. The summed E-state index contributed by atoms with van der Waals surface area (Å²) in [4.78, 5) is 26.2. The van der Waals surface area contributed by atoms with Crippen LogP contribution in [0.15, 0.2) is 59.9 Å². The SMILES string of the molecule is CCC(=O)C1=C(O)C(=O)N(c2ccc(F)cc2)C1c1ccc(O)cc1. The van der Waals surface area contributed by atoms with Crippen LogP contribution in [0.25, 0.3) is 0 Å². The molecule has 1 unspecified atom stereocenters. The number of benzene rings is 2. The summed E-state index contributed by atoms with van der Waals surface area (Å²) in [7, 11) is 0. The zero-order valence-corrected chi connectivity index (χ0v) is 13.4. The minimum absolute atomic E-state index is 0.00233. The van der Waals surface area contributed by atoms with Gasteiger partial charge in [-0.2, -0.15) is 0 Å². The summed E-state index contributed by atoms with van der Waals surface area (Å²) < 4.78 is 13.2. The van der Waals surface area contributed by atoms with Gasteiger partial charge >= 0.3 is 0 Å². The Labute approximate surface area is 143 Å². The summed E-state index contributed by atoms with van der Waals surface area (Å²) in [5.74, 6) is -2.10. The molecule has 1 aliphatic rings. The number of ketones is 1. The quantitative estimate of drug-likeness (QED) is 0.893. The van der Waals surface area contributed by atoms with E-state index in [1.807, 2.05) is 0 Å². The lowest BCUT2D eigenvalue weighted by molar-refractivity contribution is -0.118. The first-order chi connectivity index (χ1) is 11.9. The van der Waals surface area contributed by atoms with Gasteiger partial charge in [-0.25, -0.2) is 4.39 Å². The maximum Gasteiger partial charge on any atom is 0.294 e. The number of aromatic hydroxyl groups is 1. The maximum absolute atomic E-state index is 13.2. The van der Waals surface area contributed by atoms with Crippen molar-refractivity contribution in [3.63, 3.8) is 0 Å². The number of carbonyl (C=O) groups is 2. The Morgan fingerprint density at radius 2 is 1.68 bits per heavy atom. The molecule has 0 radical (unpaired) electrons. The standard InChI is InChI=1S/C19H16FNO4/c1-2-15(23)16-17(11-3-9-14(22)10-4-11)21(19(25)18(16)24)13-7-5-12(20)6-8-13/h3-10,17,22,24H,2H2,1H3. The van der Waals surface area contributed by atoms with Crippen LogP contribution >= 0.6 is 0 Å². The average Bonchev–Trinajstić information content (AvgIpc) is 2.87. The Hall–Kier alpha value is -3.15. The van der Waals surface area contributed by atoms with Crippen molar-refractivity contribution in [2.24, 2.45) is 0 Å². The third-order valence-electron chi connectivity index (χ3n) is 4.14. The first-order valence-corrected chi connectivity index (χ1v) is 7.78. The van der Waals surface area contributed by atoms with Crippen LogP contribution in [0.5, 0.6) is 5.75 Å². The minimum atomic E-state index is -0.842. The molecule has 0 aromatic heterocycles.